The number of likely N-dealkylation sites (N-methyl/N-ethyl adjacent to an activating group) is 1. The zero-order valence-electron chi connectivity index (χ0n) is 14.3. The second-order valence-electron chi connectivity index (χ2n) is 7.29. The zero-order valence-corrected chi connectivity index (χ0v) is 14.3. The molecule has 1 heterocycles. The Bertz CT molecular complexity index is 479. The van der Waals surface area contributed by atoms with E-state index in [4.69, 9.17) is 10.5 Å². The molecule has 0 saturated heterocycles. The van der Waals surface area contributed by atoms with Crippen molar-refractivity contribution in [3.8, 4) is 0 Å². The molecule has 0 saturated carbocycles. The van der Waals surface area contributed by atoms with Gasteiger partial charge >= 0.3 is 0 Å². The maximum atomic E-state index is 6.39. The van der Waals surface area contributed by atoms with Gasteiger partial charge in [-0.3, -0.25) is 0 Å². The Morgan fingerprint density at radius 3 is 2.81 bits per heavy atom. The van der Waals surface area contributed by atoms with Gasteiger partial charge in [0.05, 0.1) is 6.61 Å². The molecule has 4 heteroatoms. The lowest BCUT2D eigenvalue weighted by Crippen LogP contribution is -2.32. The maximum Gasteiger partial charge on any atom is 0.0589 e. The van der Waals surface area contributed by atoms with Gasteiger partial charge in [0, 0.05) is 44.2 Å². The Morgan fingerprint density at radius 2 is 2.14 bits per heavy atom. The number of nitrogens with two attached hydrogens (primary N) is 1. The van der Waals surface area contributed by atoms with Crippen molar-refractivity contribution >= 4 is 0 Å². The first-order valence-corrected chi connectivity index (χ1v) is 7.96. The third-order valence-electron chi connectivity index (χ3n) is 4.65. The average molecular weight is 293 g/mol. The number of aryl methyl sites for hydroxylation is 1. The van der Waals surface area contributed by atoms with E-state index >= 15 is 0 Å². The predicted octanol–water partition coefficient (Wildman–Crippen LogP) is 2.35. The fourth-order valence-electron chi connectivity index (χ4n) is 3.45. The molecular weight excluding hydrogens is 262 g/mol. The summed E-state index contributed by atoms with van der Waals surface area (Å²) in [5.74, 6) is 0. The topological polar surface area (TPSA) is 43.4 Å². The summed E-state index contributed by atoms with van der Waals surface area (Å²) in [6, 6.07) is 2.49. The molecule has 0 aliphatic heterocycles. The summed E-state index contributed by atoms with van der Waals surface area (Å²) in [6.07, 6.45) is 2.21. The van der Waals surface area contributed by atoms with E-state index in [0.29, 0.717) is 5.41 Å². The van der Waals surface area contributed by atoms with Crippen LogP contribution in [-0.4, -0.2) is 43.3 Å². The standard InChI is InChI=1S/C17H31N3O/c1-13-10-14-15(18)11-17(2,3)12-16(14)20(13)7-6-19(4)8-9-21-5/h10,15H,6-9,11-12,18H2,1-5H3. The fourth-order valence-corrected chi connectivity index (χ4v) is 3.45. The van der Waals surface area contributed by atoms with Crippen molar-refractivity contribution in [3.05, 3.63) is 23.0 Å². The van der Waals surface area contributed by atoms with Gasteiger partial charge in [0.2, 0.25) is 0 Å². The molecule has 0 radical (unpaired) electrons. The molecule has 4 nitrogen and oxygen atoms in total. The van der Waals surface area contributed by atoms with Crippen LogP contribution in [0.25, 0.3) is 0 Å². The highest BCUT2D eigenvalue weighted by Gasteiger charge is 2.33. The molecule has 0 amide bonds. The van der Waals surface area contributed by atoms with E-state index in [-0.39, 0.29) is 6.04 Å². The highest BCUT2D eigenvalue weighted by Crippen LogP contribution is 2.40. The van der Waals surface area contributed by atoms with Gasteiger partial charge in [-0.2, -0.15) is 0 Å². The van der Waals surface area contributed by atoms with Gasteiger partial charge in [-0.05, 0) is 43.9 Å². The Balaban J connectivity index is 2.11. The molecule has 2 rings (SSSR count). The minimum Gasteiger partial charge on any atom is -0.383 e. The molecule has 0 aromatic carbocycles. The number of rotatable bonds is 6. The van der Waals surface area contributed by atoms with Gasteiger partial charge in [-0.25, -0.2) is 0 Å². The van der Waals surface area contributed by atoms with Crippen LogP contribution in [0.1, 0.15) is 43.3 Å². The van der Waals surface area contributed by atoms with Crippen LogP contribution in [0.15, 0.2) is 6.07 Å². The summed E-state index contributed by atoms with van der Waals surface area (Å²) in [4.78, 5) is 2.32. The summed E-state index contributed by atoms with van der Waals surface area (Å²) in [7, 11) is 3.91. The summed E-state index contributed by atoms with van der Waals surface area (Å²) >= 11 is 0. The van der Waals surface area contributed by atoms with Crippen molar-refractivity contribution in [2.75, 3.05) is 33.9 Å². The number of hydrogen-bond donors (Lipinski definition) is 1. The first kappa shape index (κ1) is 16.5. The smallest absolute Gasteiger partial charge is 0.0589 e. The Morgan fingerprint density at radius 1 is 1.43 bits per heavy atom. The van der Waals surface area contributed by atoms with Gasteiger partial charge in [0.15, 0.2) is 0 Å². The van der Waals surface area contributed by atoms with E-state index < -0.39 is 0 Å². The van der Waals surface area contributed by atoms with Gasteiger partial charge in [0.25, 0.3) is 0 Å². The Kier molecular flexibility index (Phi) is 5.12. The minimum atomic E-state index is 0.190. The van der Waals surface area contributed by atoms with Crippen LogP contribution in [0, 0.1) is 12.3 Å². The normalized spacial score (nSPS) is 20.8. The maximum absolute atomic E-state index is 6.39. The number of ether oxygens (including phenoxy) is 1. The summed E-state index contributed by atoms with van der Waals surface area (Å²) in [5, 5.41) is 0. The lowest BCUT2D eigenvalue weighted by Gasteiger charge is -2.34. The summed E-state index contributed by atoms with van der Waals surface area (Å²) < 4.78 is 7.61. The van der Waals surface area contributed by atoms with Crippen LogP contribution in [0.3, 0.4) is 0 Å². The molecule has 120 valence electrons. The first-order valence-electron chi connectivity index (χ1n) is 7.96. The molecule has 0 fully saturated rings. The number of fused-ring (bicyclic) bond motifs is 1. The van der Waals surface area contributed by atoms with Gasteiger partial charge in [-0.1, -0.05) is 13.8 Å². The average Bonchev–Trinajstić information content (AvgIpc) is 2.69. The van der Waals surface area contributed by atoms with E-state index in [1.165, 1.54) is 17.0 Å². The van der Waals surface area contributed by atoms with E-state index in [1.54, 1.807) is 7.11 Å². The lowest BCUT2D eigenvalue weighted by atomic mass is 9.74. The molecule has 21 heavy (non-hydrogen) atoms. The van der Waals surface area contributed by atoms with E-state index in [9.17, 15) is 0 Å². The highest BCUT2D eigenvalue weighted by molar-refractivity contribution is 5.34. The highest BCUT2D eigenvalue weighted by atomic mass is 16.5. The largest absolute Gasteiger partial charge is 0.383 e. The van der Waals surface area contributed by atoms with E-state index in [2.05, 4.69) is 43.4 Å². The van der Waals surface area contributed by atoms with Crippen molar-refractivity contribution in [3.63, 3.8) is 0 Å². The van der Waals surface area contributed by atoms with Crippen LogP contribution in [0.4, 0.5) is 0 Å². The van der Waals surface area contributed by atoms with Gasteiger partial charge in [0.1, 0.15) is 0 Å². The number of hydrogen-bond acceptors (Lipinski definition) is 3. The SMILES string of the molecule is COCCN(C)CCn1c(C)cc2c1CC(C)(C)CC2N. The molecule has 1 aliphatic rings. The lowest BCUT2D eigenvalue weighted by molar-refractivity contribution is 0.159. The first-order chi connectivity index (χ1) is 9.84. The van der Waals surface area contributed by atoms with Crippen molar-refractivity contribution in [1.82, 2.24) is 9.47 Å². The molecule has 1 unspecified atom stereocenters. The molecule has 2 N–H and O–H groups in total. The van der Waals surface area contributed by atoms with Crippen LogP contribution in [0.5, 0.6) is 0 Å². The summed E-state index contributed by atoms with van der Waals surface area (Å²) in [6.45, 7) is 10.7. The van der Waals surface area contributed by atoms with Crippen molar-refractivity contribution in [1.29, 1.82) is 0 Å². The van der Waals surface area contributed by atoms with Crippen LogP contribution < -0.4 is 5.73 Å². The fraction of sp³-hybridized carbons (Fsp3) is 0.765. The van der Waals surface area contributed by atoms with Crippen molar-refractivity contribution in [2.24, 2.45) is 11.1 Å². The third kappa shape index (κ3) is 3.87. The van der Waals surface area contributed by atoms with Crippen LogP contribution >= 0.6 is 0 Å². The van der Waals surface area contributed by atoms with E-state index in [1.807, 2.05) is 0 Å². The Hall–Kier alpha value is -0.840. The molecular formula is C17H31N3O. The van der Waals surface area contributed by atoms with Crippen LogP contribution in [-0.2, 0) is 17.7 Å². The Labute approximate surface area is 129 Å². The summed E-state index contributed by atoms with van der Waals surface area (Å²) in [5.41, 5.74) is 10.9. The number of aromatic nitrogens is 1. The zero-order chi connectivity index (χ0) is 15.6. The molecule has 0 spiro atoms. The predicted molar refractivity (Wildman–Crippen MR) is 87.6 cm³/mol. The minimum absolute atomic E-state index is 0.190. The van der Waals surface area contributed by atoms with Crippen LogP contribution in [0.2, 0.25) is 0 Å². The quantitative estimate of drug-likeness (QED) is 0.875. The molecule has 1 atom stereocenters. The van der Waals surface area contributed by atoms with Gasteiger partial charge in [-0.15, -0.1) is 0 Å². The number of nitrogens with zero attached hydrogens (tertiary/aromatic N) is 2. The second kappa shape index (κ2) is 6.51. The third-order valence-corrected chi connectivity index (χ3v) is 4.65. The van der Waals surface area contributed by atoms with Crippen molar-refractivity contribution < 1.29 is 4.74 Å². The van der Waals surface area contributed by atoms with E-state index in [0.717, 1.165) is 39.1 Å². The number of methoxy groups -OCH3 is 1. The van der Waals surface area contributed by atoms with Gasteiger partial charge < -0.3 is 19.9 Å². The molecule has 1 aromatic rings. The molecule has 0 bridgehead atoms. The molecule has 1 aliphatic carbocycles. The monoisotopic (exact) mass is 293 g/mol. The molecule has 1 aromatic heterocycles. The van der Waals surface area contributed by atoms with Crippen molar-refractivity contribution in [2.45, 2.75) is 46.2 Å². The second-order valence-corrected chi connectivity index (χ2v) is 7.29.